The van der Waals surface area contributed by atoms with Gasteiger partial charge in [-0.3, -0.25) is 0 Å². The monoisotopic (exact) mass is 269 g/mol. The second-order valence-corrected chi connectivity index (χ2v) is 6.03. The molecule has 4 nitrogen and oxygen atoms in total. The Bertz CT molecular complexity index is 239. The van der Waals surface area contributed by atoms with Gasteiger partial charge in [-0.25, -0.2) is 10.2 Å². The van der Waals surface area contributed by atoms with Gasteiger partial charge in [0.1, 0.15) is 0 Å². The molecular weight excluding hydrogens is 242 g/mol. The highest BCUT2D eigenvalue weighted by Crippen LogP contribution is 2.33. The number of nitrogens with one attached hydrogen (secondary N) is 1. The zero-order chi connectivity index (χ0) is 14.1. The van der Waals surface area contributed by atoms with Crippen molar-refractivity contribution in [3.8, 4) is 0 Å². The van der Waals surface area contributed by atoms with Gasteiger partial charge in [0.2, 0.25) is 6.08 Å². The molecule has 0 radical (unpaired) electrons. The van der Waals surface area contributed by atoms with Crippen molar-refractivity contribution >= 4 is 6.08 Å². The second kappa shape index (κ2) is 9.24. The molecule has 0 heterocycles. The van der Waals surface area contributed by atoms with Crippen LogP contribution in [0.4, 0.5) is 0 Å². The average molecular weight is 269 g/mol. The van der Waals surface area contributed by atoms with Crippen LogP contribution in [-0.4, -0.2) is 28.5 Å². The van der Waals surface area contributed by atoms with Crippen LogP contribution in [0.25, 0.3) is 0 Å². The predicted molar refractivity (Wildman–Crippen MR) is 73.6 cm³/mol. The van der Waals surface area contributed by atoms with Gasteiger partial charge in [-0.1, -0.05) is 12.8 Å². The number of hydrogen-bond donors (Lipinski definition) is 3. The van der Waals surface area contributed by atoms with Gasteiger partial charge in [-0.2, -0.15) is 0 Å². The van der Waals surface area contributed by atoms with Crippen LogP contribution in [0.15, 0.2) is 0 Å². The molecule has 2 aliphatic carbocycles. The molecule has 2 aliphatic rings. The molecule has 0 aliphatic heterocycles. The van der Waals surface area contributed by atoms with Gasteiger partial charge in [0.15, 0.2) is 0 Å². The molecule has 0 aromatic heterocycles. The van der Waals surface area contributed by atoms with E-state index in [-0.39, 0.29) is 12.2 Å². The maximum absolute atomic E-state index is 9.45. The summed E-state index contributed by atoms with van der Waals surface area (Å²) in [6.45, 7) is 0. The summed E-state index contributed by atoms with van der Waals surface area (Å²) in [7, 11) is 0. The van der Waals surface area contributed by atoms with Crippen LogP contribution >= 0.6 is 0 Å². The predicted octanol–water partition coefficient (Wildman–Crippen LogP) is 2.77. The van der Waals surface area contributed by atoms with Gasteiger partial charge < -0.3 is 10.2 Å². The lowest BCUT2D eigenvalue weighted by Crippen LogP contribution is -2.21. The number of carbonyl (C=O) groups excluding carboxylic acids is 1. The lowest BCUT2D eigenvalue weighted by Gasteiger charge is -2.29. The third-order valence-corrected chi connectivity index (χ3v) is 4.62. The summed E-state index contributed by atoms with van der Waals surface area (Å²) in [4.78, 5) is 8.35. The van der Waals surface area contributed by atoms with E-state index in [4.69, 9.17) is 10.2 Å². The summed E-state index contributed by atoms with van der Waals surface area (Å²) in [5.41, 5.74) is 0. The quantitative estimate of drug-likeness (QED) is 0.544. The van der Waals surface area contributed by atoms with Crippen molar-refractivity contribution in [2.75, 3.05) is 0 Å². The number of aliphatic hydroxyl groups excluding tert-OH is 2. The summed E-state index contributed by atoms with van der Waals surface area (Å²) in [5.74, 6) is 1.74. The lowest BCUT2D eigenvalue weighted by atomic mass is 9.79. The zero-order valence-corrected chi connectivity index (χ0v) is 11.7. The molecule has 0 aromatic rings. The Balaban J connectivity index is 0.000000550. The van der Waals surface area contributed by atoms with Crippen LogP contribution < -0.4 is 0 Å². The topological polar surface area (TPSA) is 81.4 Å². The molecule has 110 valence electrons. The van der Waals surface area contributed by atoms with Crippen molar-refractivity contribution in [3.05, 3.63) is 0 Å². The van der Waals surface area contributed by atoms with Crippen LogP contribution in [0.5, 0.6) is 0 Å². The molecule has 0 bridgehead atoms. The molecule has 3 N–H and O–H groups in total. The highest BCUT2D eigenvalue weighted by molar-refractivity contribution is 5.26. The fourth-order valence-electron chi connectivity index (χ4n) is 3.34. The van der Waals surface area contributed by atoms with Crippen molar-refractivity contribution in [3.63, 3.8) is 0 Å². The Morgan fingerprint density at radius 1 is 0.789 bits per heavy atom. The summed E-state index contributed by atoms with van der Waals surface area (Å²) in [5, 5.41) is 24.3. The molecule has 0 unspecified atom stereocenters. The maximum Gasteiger partial charge on any atom is 0.231 e. The average Bonchev–Trinajstić information content (AvgIpc) is 2.41. The van der Waals surface area contributed by atoms with Gasteiger partial charge >= 0.3 is 0 Å². The van der Waals surface area contributed by atoms with E-state index in [1.165, 1.54) is 38.5 Å². The highest BCUT2D eigenvalue weighted by Gasteiger charge is 2.23. The van der Waals surface area contributed by atoms with Crippen LogP contribution in [0, 0.1) is 17.2 Å². The van der Waals surface area contributed by atoms with Gasteiger partial charge in [0, 0.05) is 0 Å². The third-order valence-electron chi connectivity index (χ3n) is 4.62. The maximum atomic E-state index is 9.45. The fraction of sp³-hybridized carbons (Fsp3) is 0.933. The van der Waals surface area contributed by atoms with Crippen molar-refractivity contribution in [1.29, 1.82) is 5.41 Å². The Hall–Kier alpha value is -0.700. The minimum atomic E-state index is -0.0129. The Morgan fingerprint density at radius 3 is 1.32 bits per heavy atom. The Labute approximate surface area is 115 Å². The molecule has 4 heteroatoms. The highest BCUT2D eigenvalue weighted by atomic mass is 16.3. The van der Waals surface area contributed by atoms with E-state index < -0.39 is 0 Å². The molecule has 0 atom stereocenters. The minimum Gasteiger partial charge on any atom is -0.393 e. The van der Waals surface area contributed by atoms with Gasteiger partial charge in [-0.05, 0) is 63.2 Å². The molecule has 0 spiro atoms. The molecule has 19 heavy (non-hydrogen) atoms. The lowest BCUT2D eigenvalue weighted by molar-refractivity contribution is 0.0921. The molecule has 0 aromatic carbocycles. The molecule has 0 saturated heterocycles. The first kappa shape index (κ1) is 16.4. The van der Waals surface area contributed by atoms with Gasteiger partial charge in [-0.15, -0.1) is 0 Å². The van der Waals surface area contributed by atoms with Gasteiger partial charge in [0.25, 0.3) is 0 Å². The summed E-state index contributed by atoms with van der Waals surface area (Å²) >= 11 is 0. The second-order valence-electron chi connectivity index (χ2n) is 6.03. The van der Waals surface area contributed by atoms with E-state index in [9.17, 15) is 10.2 Å². The standard InChI is InChI=1S/C14H26O2.CHNO/c15-13-7-3-11(4-8-13)1-2-12-5-9-14(16)10-6-12;2-1-3/h11-16H,1-10H2;2H. The SMILES string of the molecule is N=C=O.OC1CCC(CCC2CCC(O)CC2)CC1. The largest absolute Gasteiger partial charge is 0.393 e. The van der Waals surface area contributed by atoms with Crippen molar-refractivity contribution < 1.29 is 15.0 Å². The van der Waals surface area contributed by atoms with E-state index in [2.05, 4.69) is 0 Å². The zero-order valence-electron chi connectivity index (χ0n) is 11.7. The smallest absolute Gasteiger partial charge is 0.231 e. The van der Waals surface area contributed by atoms with Crippen LogP contribution in [0.1, 0.15) is 64.2 Å². The number of hydrogen-bond acceptors (Lipinski definition) is 4. The normalized spacial score (nSPS) is 34.8. The van der Waals surface area contributed by atoms with Crippen LogP contribution in [0.3, 0.4) is 0 Å². The first-order valence-electron chi connectivity index (χ1n) is 7.55. The molecule has 2 rings (SSSR count). The number of rotatable bonds is 3. The Kier molecular flexibility index (Phi) is 7.96. The summed E-state index contributed by atoms with van der Waals surface area (Å²) in [6, 6.07) is 0. The molecular formula is C15H27NO3. The van der Waals surface area contributed by atoms with E-state index in [1.54, 1.807) is 0 Å². The first-order chi connectivity index (χ1) is 9.15. The number of aliphatic hydroxyl groups is 2. The van der Waals surface area contributed by atoms with Crippen LogP contribution in [0.2, 0.25) is 0 Å². The Morgan fingerprint density at radius 2 is 1.05 bits per heavy atom. The molecule has 0 amide bonds. The fourth-order valence-corrected chi connectivity index (χ4v) is 3.34. The van der Waals surface area contributed by atoms with Crippen LogP contribution in [-0.2, 0) is 4.79 Å². The molecule has 2 fully saturated rings. The van der Waals surface area contributed by atoms with E-state index in [1.807, 2.05) is 0 Å². The van der Waals surface area contributed by atoms with Gasteiger partial charge in [0.05, 0.1) is 12.2 Å². The molecule has 2 saturated carbocycles. The number of isocyanates is 1. The van der Waals surface area contributed by atoms with E-state index in [0.29, 0.717) is 0 Å². The van der Waals surface area contributed by atoms with Crippen molar-refractivity contribution in [2.24, 2.45) is 11.8 Å². The summed E-state index contributed by atoms with van der Waals surface area (Å²) < 4.78 is 0. The van der Waals surface area contributed by atoms with E-state index in [0.717, 1.165) is 43.6 Å². The summed E-state index contributed by atoms with van der Waals surface area (Å²) in [6.07, 6.45) is 12.5. The first-order valence-corrected chi connectivity index (χ1v) is 7.55. The third kappa shape index (κ3) is 6.86. The van der Waals surface area contributed by atoms with Crippen molar-refractivity contribution in [1.82, 2.24) is 0 Å². The van der Waals surface area contributed by atoms with Crippen molar-refractivity contribution in [2.45, 2.75) is 76.4 Å². The minimum absolute atomic E-state index is 0.0129. The van der Waals surface area contributed by atoms with E-state index >= 15 is 0 Å².